The number of hydrogen-bond acceptors (Lipinski definition) is 6. The number of fused-ring (bicyclic) bond motifs is 2. The van der Waals surface area contributed by atoms with Crippen molar-refractivity contribution < 1.29 is 17.9 Å². The fourth-order valence-electron chi connectivity index (χ4n) is 4.37. The first-order valence-electron chi connectivity index (χ1n) is 10.7. The number of carbonyl (C=O) groups is 1. The number of sulfonamides is 1. The van der Waals surface area contributed by atoms with Crippen LogP contribution < -0.4 is 9.62 Å². The molecule has 0 spiro atoms. The minimum Gasteiger partial charge on any atom is -0.462 e. The van der Waals surface area contributed by atoms with Crippen molar-refractivity contribution >= 4 is 38.3 Å². The first-order valence-corrected chi connectivity index (χ1v) is 12.6. The van der Waals surface area contributed by atoms with Crippen LogP contribution in [0.15, 0.2) is 42.5 Å². The number of hydrogen-bond donors (Lipinski definition) is 1. The number of nitrogens with zero attached hydrogens (tertiary/aromatic N) is 2. The molecule has 0 saturated carbocycles. The second-order valence-electron chi connectivity index (χ2n) is 8.00. The van der Waals surface area contributed by atoms with E-state index in [1.54, 1.807) is 13.0 Å². The average Bonchev–Trinajstić information content (AvgIpc) is 2.74. The molecule has 1 aromatic heterocycles. The van der Waals surface area contributed by atoms with E-state index in [-0.39, 0.29) is 12.6 Å². The maximum Gasteiger partial charge on any atom is 0.340 e. The molecule has 2 aromatic carbocycles. The molecule has 1 aliphatic rings. The summed E-state index contributed by atoms with van der Waals surface area (Å²) < 4.78 is 31.6. The van der Waals surface area contributed by atoms with Crippen LogP contribution >= 0.6 is 0 Å². The van der Waals surface area contributed by atoms with E-state index in [0.717, 1.165) is 53.4 Å². The van der Waals surface area contributed by atoms with Crippen molar-refractivity contribution in [1.82, 2.24) is 4.98 Å². The van der Waals surface area contributed by atoms with Crippen molar-refractivity contribution in [2.24, 2.45) is 0 Å². The molecule has 0 amide bonds. The van der Waals surface area contributed by atoms with Crippen molar-refractivity contribution in [3.63, 3.8) is 0 Å². The number of nitrogens with one attached hydrogen (secondary N) is 1. The van der Waals surface area contributed by atoms with E-state index in [9.17, 15) is 13.2 Å². The molecular formula is C24H27N3O4S. The second kappa shape index (κ2) is 8.78. The number of aromatic nitrogens is 1. The molecule has 0 fully saturated rings. The van der Waals surface area contributed by atoms with Crippen LogP contribution in [0, 0.1) is 6.92 Å². The largest absolute Gasteiger partial charge is 0.462 e. The van der Waals surface area contributed by atoms with E-state index >= 15 is 0 Å². The van der Waals surface area contributed by atoms with Gasteiger partial charge in [0.2, 0.25) is 10.0 Å². The highest BCUT2D eigenvalue weighted by Crippen LogP contribution is 2.35. The second-order valence-corrected chi connectivity index (χ2v) is 9.75. The summed E-state index contributed by atoms with van der Waals surface area (Å²) in [4.78, 5) is 19.9. The first kappa shape index (κ1) is 22.1. The molecule has 32 heavy (non-hydrogen) atoms. The van der Waals surface area contributed by atoms with Crippen LogP contribution in [0.5, 0.6) is 0 Å². The number of ether oxygens (including phenoxy) is 1. The Morgan fingerprint density at radius 3 is 2.72 bits per heavy atom. The lowest BCUT2D eigenvalue weighted by Gasteiger charge is -2.33. The summed E-state index contributed by atoms with van der Waals surface area (Å²) in [6.07, 6.45) is 2.80. The Morgan fingerprint density at radius 2 is 1.97 bits per heavy atom. The fraction of sp³-hybridized carbons (Fsp3) is 0.333. The topological polar surface area (TPSA) is 88.6 Å². The number of para-hydroxylation sites is 1. The van der Waals surface area contributed by atoms with Gasteiger partial charge in [0.25, 0.3) is 0 Å². The smallest absolute Gasteiger partial charge is 0.340 e. The summed E-state index contributed by atoms with van der Waals surface area (Å²) in [5.41, 5.74) is 5.36. The minimum absolute atomic E-state index is 0.289. The van der Waals surface area contributed by atoms with E-state index in [2.05, 4.69) is 9.62 Å². The summed E-state index contributed by atoms with van der Waals surface area (Å²) in [5.74, 6) is -0.372. The predicted octanol–water partition coefficient (Wildman–Crippen LogP) is 4.04. The van der Waals surface area contributed by atoms with Crippen LogP contribution in [0.2, 0.25) is 0 Å². The van der Waals surface area contributed by atoms with Gasteiger partial charge >= 0.3 is 5.97 Å². The summed E-state index contributed by atoms with van der Waals surface area (Å²) in [6, 6.07) is 13.4. The molecule has 0 unspecified atom stereocenters. The van der Waals surface area contributed by atoms with E-state index in [4.69, 9.17) is 9.72 Å². The molecule has 4 rings (SSSR count). The summed E-state index contributed by atoms with van der Waals surface area (Å²) in [5, 5.41) is 0.929. The maximum absolute atomic E-state index is 12.9. The van der Waals surface area contributed by atoms with Gasteiger partial charge in [-0.25, -0.2) is 13.2 Å². The molecule has 8 heteroatoms. The third-order valence-corrected chi connectivity index (χ3v) is 6.28. The third-order valence-electron chi connectivity index (χ3n) is 5.69. The predicted molar refractivity (Wildman–Crippen MR) is 127 cm³/mol. The lowest BCUT2D eigenvalue weighted by atomic mass is 9.98. The first-order chi connectivity index (χ1) is 15.3. The zero-order valence-corrected chi connectivity index (χ0v) is 19.3. The Balaban J connectivity index is 1.79. The third kappa shape index (κ3) is 4.41. The Morgan fingerprint density at radius 1 is 1.19 bits per heavy atom. The molecule has 0 aliphatic carbocycles. The Hall–Kier alpha value is -3.13. The fourth-order valence-corrected chi connectivity index (χ4v) is 4.96. The van der Waals surface area contributed by atoms with Gasteiger partial charge in [-0.2, -0.15) is 0 Å². The van der Waals surface area contributed by atoms with Gasteiger partial charge in [0, 0.05) is 17.6 Å². The average molecular weight is 454 g/mol. The van der Waals surface area contributed by atoms with Gasteiger partial charge in [-0.1, -0.05) is 24.3 Å². The van der Waals surface area contributed by atoms with Crippen molar-refractivity contribution in [2.45, 2.75) is 33.2 Å². The van der Waals surface area contributed by atoms with Gasteiger partial charge in [-0.05, 0) is 56.0 Å². The monoisotopic (exact) mass is 453 g/mol. The van der Waals surface area contributed by atoms with E-state index in [0.29, 0.717) is 23.5 Å². The van der Waals surface area contributed by atoms with Gasteiger partial charge in [0.1, 0.15) is 0 Å². The molecule has 0 bridgehead atoms. The highest BCUT2D eigenvalue weighted by atomic mass is 32.2. The summed E-state index contributed by atoms with van der Waals surface area (Å²) >= 11 is 0. The van der Waals surface area contributed by atoms with Crippen LogP contribution in [0.3, 0.4) is 0 Å². The molecular weight excluding hydrogens is 426 g/mol. The molecule has 0 atom stereocenters. The van der Waals surface area contributed by atoms with E-state index in [1.165, 1.54) is 0 Å². The zero-order valence-electron chi connectivity index (χ0n) is 18.5. The molecule has 2 heterocycles. The lowest BCUT2D eigenvalue weighted by Crippen LogP contribution is -2.31. The van der Waals surface area contributed by atoms with Crippen molar-refractivity contribution in [3.05, 3.63) is 64.8 Å². The standard InChI is InChI=1S/C24H27N3O4S/c1-4-31-24(28)23-16(2)17-9-5-6-11-19(17)25-21(23)15-27-14-8-10-18-20(26-32(3,29)30)12-7-13-22(18)27/h5-7,9,11-13,26H,4,8,10,14-15H2,1-3H3. The van der Waals surface area contributed by atoms with Gasteiger partial charge < -0.3 is 9.64 Å². The number of anilines is 2. The Labute approximate surface area is 188 Å². The minimum atomic E-state index is -3.38. The zero-order chi connectivity index (χ0) is 22.9. The molecule has 1 N–H and O–H groups in total. The number of pyridine rings is 1. The highest BCUT2D eigenvalue weighted by Gasteiger charge is 2.25. The SMILES string of the molecule is CCOC(=O)c1c(CN2CCCc3c(NS(C)(=O)=O)cccc32)nc2ccccc2c1C. The molecule has 168 valence electrons. The maximum atomic E-state index is 12.9. The summed E-state index contributed by atoms with van der Waals surface area (Å²) in [6.45, 7) is 5.22. The highest BCUT2D eigenvalue weighted by molar-refractivity contribution is 7.92. The lowest BCUT2D eigenvalue weighted by molar-refractivity contribution is 0.0524. The number of carbonyl (C=O) groups excluding carboxylic acids is 1. The number of esters is 1. The normalized spacial score (nSPS) is 13.7. The van der Waals surface area contributed by atoms with Gasteiger partial charge in [0.05, 0.1) is 41.9 Å². The van der Waals surface area contributed by atoms with Crippen molar-refractivity contribution in [2.75, 3.05) is 29.0 Å². The van der Waals surface area contributed by atoms with E-state index < -0.39 is 10.0 Å². The van der Waals surface area contributed by atoms with Crippen LogP contribution in [0.25, 0.3) is 10.9 Å². The Bertz CT molecular complexity index is 1290. The van der Waals surface area contributed by atoms with Gasteiger partial charge in [-0.15, -0.1) is 0 Å². The Kier molecular flexibility index (Phi) is 6.06. The van der Waals surface area contributed by atoms with Crippen molar-refractivity contribution in [1.29, 1.82) is 0 Å². The van der Waals surface area contributed by atoms with Crippen LogP contribution in [0.1, 0.15) is 40.5 Å². The van der Waals surface area contributed by atoms with Crippen LogP contribution in [0.4, 0.5) is 11.4 Å². The molecule has 7 nitrogen and oxygen atoms in total. The molecule has 1 aliphatic heterocycles. The molecule has 3 aromatic rings. The van der Waals surface area contributed by atoms with Crippen LogP contribution in [-0.4, -0.2) is 38.8 Å². The quantitative estimate of drug-likeness (QED) is 0.567. The molecule has 0 radical (unpaired) electrons. The van der Waals surface area contributed by atoms with Gasteiger partial charge in [0.15, 0.2) is 0 Å². The van der Waals surface area contributed by atoms with Crippen molar-refractivity contribution in [3.8, 4) is 0 Å². The number of rotatable bonds is 6. The van der Waals surface area contributed by atoms with Gasteiger partial charge in [-0.3, -0.25) is 9.71 Å². The van der Waals surface area contributed by atoms with E-state index in [1.807, 2.05) is 43.3 Å². The van der Waals surface area contributed by atoms with Crippen LogP contribution in [-0.2, 0) is 27.7 Å². The number of aryl methyl sites for hydroxylation is 1. The molecule has 0 saturated heterocycles. The summed E-state index contributed by atoms with van der Waals surface area (Å²) in [7, 11) is -3.38. The number of benzene rings is 2.